The largest absolute Gasteiger partial charge is 0.497 e. The number of rotatable bonds is 5. The van der Waals surface area contributed by atoms with Gasteiger partial charge in [0, 0.05) is 19.5 Å². The van der Waals surface area contributed by atoms with Gasteiger partial charge in [-0.25, -0.2) is 4.79 Å². The Labute approximate surface area is 112 Å². The highest BCUT2D eigenvalue weighted by Crippen LogP contribution is 2.23. The molecule has 1 aromatic rings. The normalized spacial score (nSPS) is 18.3. The van der Waals surface area contributed by atoms with Crippen LogP contribution in [0, 0.1) is 0 Å². The Balaban J connectivity index is 2.03. The Hall–Kier alpha value is -2.04. The quantitative estimate of drug-likeness (QED) is 0.879. The summed E-state index contributed by atoms with van der Waals surface area (Å²) >= 11 is 0. The van der Waals surface area contributed by atoms with Crippen LogP contribution in [0.5, 0.6) is 5.75 Å². The minimum atomic E-state index is -0.117. The zero-order valence-corrected chi connectivity index (χ0v) is 11.2. The van der Waals surface area contributed by atoms with Gasteiger partial charge >= 0.3 is 6.03 Å². The summed E-state index contributed by atoms with van der Waals surface area (Å²) in [5.41, 5.74) is 1.01. The highest BCUT2D eigenvalue weighted by atomic mass is 16.5. The number of Topliss-reactive ketones (excluding diaryl/α,β-unsaturated/α-hetero) is 1. The number of hydrogen-bond acceptors (Lipinski definition) is 3. The van der Waals surface area contributed by atoms with Crippen molar-refractivity contribution in [2.24, 2.45) is 0 Å². The van der Waals surface area contributed by atoms with Crippen molar-refractivity contribution in [3.63, 3.8) is 0 Å². The second kappa shape index (κ2) is 5.73. The average molecular weight is 262 g/mol. The minimum Gasteiger partial charge on any atom is -0.497 e. The van der Waals surface area contributed by atoms with Crippen LogP contribution in [0.3, 0.4) is 0 Å². The lowest BCUT2D eigenvalue weighted by Gasteiger charge is -2.14. The van der Waals surface area contributed by atoms with Crippen molar-refractivity contribution in [2.75, 3.05) is 20.2 Å². The van der Waals surface area contributed by atoms with Crippen LogP contribution >= 0.6 is 0 Å². The zero-order valence-electron chi connectivity index (χ0n) is 11.2. The van der Waals surface area contributed by atoms with Crippen LogP contribution in [0.2, 0.25) is 0 Å². The van der Waals surface area contributed by atoms with Gasteiger partial charge in [0.05, 0.1) is 13.2 Å². The molecule has 0 aromatic heterocycles. The number of nitrogens with one attached hydrogen (secondary N) is 1. The molecular weight excluding hydrogens is 244 g/mol. The Morgan fingerprint density at radius 2 is 2.32 bits per heavy atom. The predicted molar refractivity (Wildman–Crippen MR) is 71.1 cm³/mol. The van der Waals surface area contributed by atoms with Crippen molar-refractivity contribution in [3.8, 4) is 5.75 Å². The van der Waals surface area contributed by atoms with Gasteiger partial charge in [-0.1, -0.05) is 12.1 Å². The van der Waals surface area contributed by atoms with Crippen LogP contribution in [0.15, 0.2) is 24.3 Å². The molecule has 1 fully saturated rings. The van der Waals surface area contributed by atoms with Gasteiger partial charge in [0.1, 0.15) is 11.5 Å². The zero-order chi connectivity index (χ0) is 13.8. The van der Waals surface area contributed by atoms with Gasteiger partial charge < -0.3 is 15.0 Å². The van der Waals surface area contributed by atoms with Crippen LogP contribution in [0.1, 0.15) is 24.9 Å². The van der Waals surface area contributed by atoms with Crippen LogP contribution in [-0.2, 0) is 4.79 Å². The molecule has 0 radical (unpaired) electrons. The lowest BCUT2D eigenvalue weighted by atomic mass is 10.1. The fourth-order valence-electron chi connectivity index (χ4n) is 2.12. The summed E-state index contributed by atoms with van der Waals surface area (Å²) in [5.74, 6) is 0.867. The SMILES string of the molecule is COc1cccc(C2CN(CCC(C)=O)C(=O)N2)c1. The summed E-state index contributed by atoms with van der Waals surface area (Å²) in [5, 5.41) is 2.92. The molecule has 0 saturated carbocycles. The maximum absolute atomic E-state index is 11.8. The molecule has 5 heteroatoms. The first-order valence-corrected chi connectivity index (χ1v) is 6.29. The van der Waals surface area contributed by atoms with Gasteiger partial charge in [-0.3, -0.25) is 4.79 Å². The molecule has 1 aliphatic heterocycles. The van der Waals surface area contributed by atoms with Gasteiger partial charge in [0.15, 0.2) is 0 Å². The van der Waals surface area contributed by atoms with E-state index in [0.717, 1.165) is 11.3 Å². The highest BCUT2D eigenvalue weighted by molar-refractivity contribution is 5.79. The lowest BCUT2D eigenvalue weighted by molar-refractivity contribution is -0.117. The van der Waals surface area contributed by atoms with E-state index in [4.69, 9.17) is 4.74 Å². The maximum Gasteiger partial charge on any atom is 0.318 e. The van der Waals surface area contributed by atoms with Gasteiger partial charge in [-0.15, -0.1) is 0 Å². The second-order valence-electron chi connectivity index (χ2n) is 4.68. The number of benzene rings is 1. The number of carbonyl (C=O) groups excluding carboxylic acids is 2. The number of urea groups is 1. The van der Waals surface area contributed by atoms with E-state index >= 15 is 0 Å². The molecule has 0 aliphatic carbocycles. The van der Waals surface area contributed by atoms with Crippen LogP contribution < -0.4 is 10.1 Å². The molecule has 5 nitrogen and oxygen atoms in total. The molecule has 1 atom stereocenters. The lowest BCUT2D eigenvalue weighted by Crippen LogP contribution is -2.29. The van der Waals surface area contributed by atoms with Crippen LogP contribution in [0.4, 0.5) is 4.79 Å². The number of hydrogen-bond donors (Lipinski definition) is 1. The summed E-state index contributed by atoms with van der Waals surface area (Å²) in [7, 11) is 1.62. The molecule has 102 valence electrons. The van der Waals surface area contributed by atoms with Gasteiger partial charge in [0.2, 0.25) is 0 Å². The molecular formula is C14H18N2O3. The van der Waals surface area contributed by atoms with E-state index in [1.54, 1.807) is 12.0 Å². The van der Waals surface area contributed by atoms with Crippen molar-refractivity contribution in [1.82, 2.24) is 10.2 Å². The predicted octanol–water partition coefficient (Wildman–Crippen LogP) is 1.74. The van der Waals surface area contributed by atoms with Crippen LogP contribution in [0.25, 0.3) is 0 Å². The van der Waals surface area contributed by atoms with Crippen molar-refractivity contribution in [1.29, 1.82) is 0 Å². The fraction of sp³-hybridized carbons (Fsp3) is 0.429. The number of ether oxygens (including phenoxy) is 1. The van der Waals surface area contributed by atoms with Gasteiger partial charge in [0.25, 0.3) is 0 Å². The Morgan fingerprint density at radius 3 is 3.00 bits per heavy atom. The van der Waals surface area contributed by atoms with Crippen molar-refractivity contribution in [2.45, 2.75) is 19.4 Å². The molecule has 1 heterocycles. The third kappa shape index (κ3) is 3.24. The topological polar surface area (TPSA) is 58.6 Å². The molecule has 1 aromatic carbocycles. The minimum absolute atomic E-state index is 0.0467. The molecule has 1 saturated heterocycles. The van der Waals surface area contributed by atoms with Crippen molar-refractivity contribution >= 4 is 11.8 Å². The third-order valence-corrected chi connectivity index (χ3v) is 3.22. The van der Waals surface area contributed by atoms with E-state index in [0.29, 0.717) is 19.5 Å². The maximum atomic E-state index is 11.8. The summed E-state index contributed by atoms with van der Waals surface area (Å²) in [6.07, 6.45) is 0.401. The number of carbonyl (C=O) groups is 2. The summed E-state index contributed by atoms with van der Waals surface area (Å²) in [6.45, 7) is 2.59. The molecule has 0 bridgehead atoms. The first kappa shape index (κ1) is 13.4. The van der Waals surface area contributed by atoms with E-state index in [2.05, 4.69) is 5.32 Å². The fourth-order valence-corrected chi connectivity index (χ4v) is 2.12. The second-order valence-corrected chi connectivity index (χ2v) is 4.68. The van der Waals surface area contributed by atoms with Gasteiger partial charge in [-0.05, 0) is 24.6 Å². The smallest absolute Gasteiger partial charge is 0.318 e. The van der Waals surface area contributed by atoms with E-state index in [1.807, 2.05) is 24.3 Å². The Bertz CT molecular complexity index is 487. The van der Waals surface area contributed by atoms with Crippen LogP contribution in [-0.4, -0.2) is 36.9 Å². The highest BCUT2D eigenvalue weighted by Gasteiger charge is 2.29. The number of nitrogens with zero attached hydrogens (tertiary/aromatic N) is 1. The molecule has 1 unspecified atom stereocenters. The number of ketones is 1. The van der Waals surface area contributed by atoms with Crippen molar-refractivity contribution < 1.29 is 14.3 Å². The van der Waals surface area contributed by atoms with E-state index < -0.39 is 0 Å². The first-order valence-electron chi connectivity index (χ1n) is 6.29. The Kier molecular flexibility index (Phi) is 4.04. The standard InChI is InChI=1S/C14H18N2O3/c1-10(17)6-7-16-9-13(15-14(16)18)11-4-3-5-12(8-11)19-2/h3-5,8,13H,6-7,9H2,1-2H3,(H,15,18). The molecule has 1 aliphatic rings. The molecule has 1 N–H and O–H groups in total. The van der Waals surface area contributed by atoms with E-state index in [9.17, 15) is 9.59 Å². The summed E-state index contributed by atoms with van der Waals surface area (Å²) < 4.78 is 5.18. The monoisotopic (exact) mass is 262 g/mol. The molecule has 2 amide bonds. The molecule has 0 spiro atoms. The number of methoxy groups -OCH3 is 1. The number of amides is 2. The average Bonchev–Trinajstić information content (AvgIpc) is 2.78. The third-order valence-electron chi connectivity index (χ3n) is 3.22. The van der Waals surface area contributed by atoms with E-state index in [1.165, 1.54) is 6.92 Å². The van der Waals surface area contributed by atoms with Gasteiger partial charge in [-0.2, -0.15) is 0 Å². The summed E-state index contributed by atoms with van der Waals surface area (Å²) in [4.78, 5) is 24.4. The van der Waals surface area contributed by atoms with Crippen molar-refractivity contribution in [3.05, 3.63) is 29.8 Å². The summed E-state index contributed by atoms with van der Waals surface area (Å²) in [6, 6.07) is 7.48. The molecule has 19 heavy (non-hydrogen) atoms. The Morgan fingerprint density at radius 1 is 1.53 bits per heavy atom. The molecule has 2 rings (SSSR count). The first-order chi connectivity index (χ1) is 9.10. The van der Waals surface area contributed by atoms with E-state index in [-0.39, 0.29) is 17.9 Å².